The van der Waals surface area contributed by atoms with Crippen molar-refractivity contribution in [3.63, 3.8) is 0 Å². The number of hydrogen-bond acceptors (Lipinski definition) is 4. The maximum atomic E-state index is 12.2. The Labute approximate surface area is 142 Å². The molecule has 1 amide bonds. The number of benzene rings is 2. The highest BCUT2D eigenvalue weighted by Crippen LogP contribution is 2.28. The summed E-state index contributed by atoms with van der Waals surface area (Å²) in [6.45, 7) is 0. The lowest BCUT2D eigenvalue weighted by Crippen LogP contribution is -2.26. The van der Waals surface area contributed by atoms with Gasteiger partial charge in [0.25, 0.3) is 5.91 Å². The minimum absolute atomic E-state index is 0.00673. The van der Waals surface area contributed by atoms with Crippen molar-refractivity contribution in [3.05, 3.63) is 63.6 Å². The van der Waals surface area contributed by atoms with Crippen molar-refractivity contribution in [1.29, 1.82) is 0 Å². The molecule has 7 heteroatoms. The summed E-state index contributed by atoms with van der Waals surface area (Å²) < 4.78 is 0. The first kappa shape index (κ1) is 15.5. The van der Waals surface area contributed by atoms with Crippen LogP contribution in [-0.4, -0.2) is 24.6 Å². The first-order valence-electron chi connectivity index (χ1n) is 6.61. The molecular weight excluding hydrogens is 339 g/mol. The maximum absolute atomic E-state index is 12.2. The summed E-state index contributed by atoms with van der Waals surface area (Å²) in [5, 5.41) is 4.01. The molecule has 0 aliphatic carbocycles. The Morgan fingerprint density at radius 3 is 2.43 bits per heavy atom. The number of halogens is 2. The van der Waals surface area contributed by atoms with Gasteiger partial charge < -0.3 is 9.74 Å². The van der Waals surface area contributed by atoms with Crippen molar-refractivity contribution in [3.8, 4) is 0 Å². The average Bonchev–Trinajstić information content (AvgIpc) is 2.77. The van der Waals surface area contributed by atoms with E-state index in [1.807, 2.05) is 0 Å². The molecule has 0 fully saturated rings. The Kier molecular flexibility index (Phi) is 4.07. The molecule has 5 nitrogen and oxygen atoms in total. The molecule has 0 bridgehead atoms. The van der Waals surface area contributed by atoms with E-state index in [0.29, 0.717) is 11.3 Å². The molecule has 23 heavy (non-hydrogen) atoms. The van der Waals surface area contributed by atoms with Crippen molar-refractivity contribution < 1.29 is 14.4 Å². The predicted molar refractivity (Wildman–Crippen MR) is 88.3 cm³/mol. The van der Waals surface area contributed by atoms with Crippen LogP contribution in [0.1, 0.15) is 15.9 Å². The van der Waals surface area contributed by atoms with Crippen LogP contribution in [-0.2, 0) is 9.63 Å². The van der Waals surface area contributed by atoms with E-state index >= 15 is 0 Å². The van der Waals surface area contributed by atoms with Crippen molar-refractivity contribution in [2.24, 2.45) is 5.16 Å². The van der Waals surface area contributed by atoms with Crippen LogP contribution in [0, 0.1) is 0 Å². The number of amides is 1. The molecule has 1 aliphatic rings. The van der Waals surface area contributed by atoms with Crippen LogP contribution in [0.3, 0.4) is 0 Å². The molecule has 0 atom stereocenters. The van der Waals surface area contributed by atoms with Crippen molar-refractivity contribution in [1.82, 2.24) is 0 Å². The van der Waals surface area contributed by atoms with Gasteiger partial charge >= 0.3 is 5.97 Å². The SMILES string of the molecule is CN1C(=O)/C(=N/OC(=O)c2c(Cl)cccc2Cl)c2ccccc21. The van der Waals surface area contributed by atoms with E-state index < -0.39 is 5.97 Å². The smallest absolute Gasteiger partial charge is 0.312 e. The second-order valence-corrected chi connectivity index (χ2v) is 5.61. The molecule has 1 heterocycles. The first-order valence-corrected chi connectivity index (χ1v) is 7.37. The zero-order valence-electron chi connectivity index (χ0n) is 11.9. The van der Waals surface area contributed by atoms with E-state index in [9.17, 15) is 9.59 Å². The van der Waals surface area contributed by atoms with E-state index in [2.05, 4.69) is 5.16 Å². The lowest BCUT2D eigenvalue weighted by atomic mass is 10.1. The second-order valence-electron chi connectivity index (χ2n) is 4.80. The maximum Gasteiger partial charge on any atom is 0.368 e. The number of anilines is 1. The van der Waals surface area contributed by atoms with E-state index in [1.54, 1.807) is 37.4 Å². The second kappa shape index (κ2) is 6.02. The number of likely N-dealkylation sites (N-methyl/N-ethyl adjacent to an activating group) is 1. The summed E-state index contributed by atoms with van der Waals surface area (Å²) in [5.74, 6) is -1.18. The van der Waals surface area contributed by atoms with Crippen LogP contribution in [0.25, 0.3) is 0 Å². The minimum atomic E-state index is -0.826. The standard InChI is InChI=1S/C16H10Cl2N2O3/c1-20-12-8-3-2-5-9(12)14(15(20)21)19-23-16(22)13-10(17)6-4-7-11(13)18/h2-8H,1H3/b19-14+. The topological polar surface area (TPSA) is 59.0 Å². The number of carbonyl (C=O) groups excluding carboxylic acids is 2. The van der Waals surface area contributed by atoms with Gasteiger partial charge in [0.1, 0.15) is 0 Å². The summed E-state index contributed by atoms with van der Waals surface area (Å²) in [7, 11) is 1.62. The number of rotatable bonds is 2. The number of fused-ring (bicyclic) bond motifs is 1. The van der Waals surface area contributed by atoms with Gasteiger partial charge in [0, 0.05) is 12.6 Å². The molecule has 0 spiro atoms. The van der Waals surface area contributed by atoms with Gasteiger partial charge in [-0.25, -0.2) is 4.79 Å². The Morgan fingerprint density at radius 2 is 1.74 bits per heavy atom. The van der Waals surface area contributed by atoms with Gasteiger partial charge in [0.15, 0.2) is 5.71 Å². The van der Waals surface area contributed by atoms with Gasteiger partial charge in [-0.1, -0.05) is 52.6 Å². The Bertz CT molecular complexity index is 829. The lowest BCUT2D eigenvalue weighted by Gasteiger charge is -2.07. The normalized spacial score (nSPS) is 15.0. The summed E-state index contributed by atoms with van der Waals surface area (Å²) in [5.41, 5.74) is 1.35. The Morgan fingerprint density at radius 1 is 1.09 bits per heavy atom. The zero-order chi connectivity index (χ0) is 16.6. The third kappa shape index (κ3) is 2.69. The number of oxime groups is 1. The molecule has 3 rings (SSSR count). The zero-order valence-corrected chi connectivity index (χ0v) is 13.4. The summed E-state index contributed by atoms with van der Waals surface area (Å²) in [6, 6.07) is 11.7. The highest BCUT2D eigenvalue weighted by atomic mass is 35.5. The third-order valence-corrected chi connectivity index (χ3v) is 4.04. The predicted octanol–water partition coefficient (Wildman–Crippen LogP) is 3.53. The fourth-order valence-electron chi connectivity index (χ4n) is 2.26. The lowest BCUT2D eigenvalue weighted by molar-refractivity contribution is -0.112. The first-order chi connectivity index (χ1) is 11.0. The monoisotopic (exact) mass is 348 g/mol. The molecule has 1 aliphatic heterocycles. The van der Waals surface area contributed by atoms with Gasteiger partial charge in [-0.05, 0) is 18.2 Å². The molecule has 0 unspecified atom stereocenters. The quantitative estimate of drug-likeness (QED) is 0.616. The number of nitrogens with zero attached hydrogens (tertiary/aromatic N) is 2. The van der Waals surface area contributed by atoms with Crippen LogP contribution >= 0.6 is 23.2 Å². The van der Waals surface area contributed by atoms with Crippen LogP contribution < -0.4 is 4.90 Å². The fraction of sp³-hybridized carbons (Fsp3) is 0.0625. The molecule has 0 N–H and O–H groups in total. The summed E-state index contributed by atoms with van der Waals surface area (Å²) in [6.07, 6.45) is 0. The number of hydrogen-bond donors (Lipinski definition) is 0. The molecule has 116 valence electrons. The van der Waals surface area contributed by atoms with E-state index in [4.69, 9.17) is 28.0 Å². The van der Waals surface area contributed by atoms with Crippen molar-refractivity contribution >= 4 is 46.5 Å². The molecule has 0 aromatic heterocycles. The van der Waals surface area contributed by atoms with Crippen molar-refractivity contribution in [2.75, 3.05) is 11.9 Å². The fourth-order valence-corrected chi connectivity index (χ4v) is 2.82. The van der Waals surface area contributed by atoms with Gasteiger partial charge in [-0.15, -0.1) is 0 Å². The Hall–Kier alpha value is -2.37. The largest absolute Gasteiger partial charge is 0.368 e. The highest BCUT2D eigenvalue weighted by Gasteiger charge is 2.32. The number of para-hydroxylation sites is 1. The Balaban J connectivity index is 1.92. The van der Waals surface area contributed by atoms with E-state index in [1.165, 1.54) is 17.0 Å². The average molecular weight is 349 g/mol. The third-order valence-electron chi connectivity index (χ3n) is 3.41. The van der Waals surface area contributed by atoms with Gasteiger partial charge in [-0.2, -0.15) is 0 Å². The van der Waals surface area contributed by atoms with Gasteiger partial charge in [0.05, 0.1) is 21.3 Å². The molecule has 0 radical (unpaired) electrons. The van der Waals surface area contributed by atoms with Crippen LogP contribution in [0.5, 0.6) is 0 Å². The van der Waals surface area contributed by atoms with Gasteiger partial charge in [-0.3, -0.25) is 4.79 Å². The van der Waals surface area contributed by atoms with Crippen LogP contribution in [0.15, 0.2) is 47.6 Å². The van der Waals surface area contributed by atoms with Gasteiger partial charge in [0.2, 0.25) is 0 Å². The highest BCUT2D eigenvalue weighted by molar-refractivity contribution is 6.54. The molecular formula is C16H10Cl2N2O3. The van der Waals surface area contributed by atoms with Crippen LogP contribution in [0.4, 0.5) is 5.69 Å². The molecule has 0 saturated heterocycles. The molecule has 2 aromatic rings. The minimum Gasteiger partial charge on any atom is -0.312 e. The van der Waals surface area contributed by atoms with E-state index in [0.717, 1.165) is 0 Å². The molecule has 0 saturated carbocycles. The molecule has 2 aromatic carbocycles. The van der Waals surface area contributed by atoms with Crippen molar-refractivity contribution in [2.45, 2.75) is 0 Å². The van der Waals surface area contributed by atoms with E-state index in [-0.39, 0.29) is 27.2 Å². The summed E-state index contributed by atoms with van der Waals surface area (Å²) >= 11 is 11.9. The summed E-state index contributed by atoms with van der Waals surface area (Å²) in [4.78, 5) is 30.6. The number of carbonyl (C=O) groups is 2. The van der Waals surface area contributed by atoms with Crippen LogP contribution in [0.2, 0.25) is 10.0 Å².